The molecular formula is C8H18N2O. The van der Waals surface area contributed by atoms with Crippen molar-refractivity contribution in [2.75, 3.05) is 13.1 Å². The van der Waals surface area contributed by atoms with Crippen LogP contribution in [0.2, 0.25) is 0 Å². The largest absolute Gasteiger partial charge is 0.261 e. The summed E-state index contributed by atoms with van der Waals surface area (Å²) >= 11 is 0. The van der Waals surface area contributed by atoms with E-state index in [2.05, 4.69) is 26.1 Å². The van der Waals surface area contributed by atoms with Crippen LogP contribution in [0.4, 0.5) is 0 Å². The number of hydrogen-bond donors (Lipinski definition) is 0. The van der Waals surface area contributed by atoms with Crippen LogP contribution in [0.25, 0.3) is 0 Å². The predicted octanol–water partition coefficient (Wildman–Crippen LogP) is 2.43. The molecule has 0 amide bonds. The number of nitroso groups, excluding NO2 is 1. The highest BCUT2D eigenvalue weighted by Crippen LogP contribution is 2.00. The molecule has 0 fully saturated rings. The SMILES string of the molecule is CCCCN(CC(C)C)N=O. The summed E-state index contributed by atoms with van der Waals surface area (Å²) in [5.74, 6) is 0.518. The summed E-state index contributed by atoms with van der Waals surface area (Å²) in [6.07, 6.45) is 2.17. The van der Waals surface area contributed by atoms with Crippen LogP contribution in [-0.4, -0.2) is 18.1 Å². The molecule has 0 saturated heterocycles. The van der Waals surface area contributed by atoms with Crippen molar-refractivity contribution in [3.63, 3.8) is 0 Å². The first-order chi connectivity index (χ1) is 5.20. The van der Waals surface area contributed by atoms with Gasteiger partial charge in [-0.05, 0) is 12.3 Å². The average Bonchev–Trinajstić information content (AvgIpc) is 1.97. The zero-order chi connectivity index (χ0) is 8.69. The topological polar surface area (TPSA) is 32.7 Å². The maximum absolute atomic E-state index is 10.2. The van der Waals surface area contributed by atoms with Gasteiger partial charge in [0.15, 0.2) is 0 Å². The van der Waals surface area contributed by atoms with E-state index in [0.717, 1.165) is 25.9 Å². The van der Waals surface area contributed by atoms with E-state index >= 15 is 0 Å². The fourth-order valence-electron chi connectivity index (χ4n) is 0.928. The number of nitrogens with zero attached hydrogens (tertiary/aromatic N) is 2. The average molecular weight is 158 g/mol. The second-order valence-electron chi connectivity index (χ2n) is 3.24. The summed E-state index contributed by atoms with van der Waals surface area (Å²) in [7, 11) is 0. The van der Waals surface area contributed by atoms with E-state index in [4.69, 9.17) is 0 Å². The smallest absolute Gasteiger partial charge is 0.0524 e. The minimum atomic E-state index is 0.518. The molecule has 0 unspecified atom stereocenters. The van der Waals surface area contributed by atoms with Gasteiger partial charge >= 0.3 is 0 Å². The van der Waals surface area contributed by atoms with Crippen molar-refractivity contribution in [3.05, 3.63) is 4.91 Å². The van der Waals surface area contributed by atoms with Crippen LogP contribution in [0.3, 0.4) is 0 Å². The molecule has 0 saturated carbocycles. The van der Waals surface area contributed by atoms with Crippen LogP contribution in [-0.2, 0) is 0 Å². The maximum Gasteiger partial charge on any atom is 0.0524 e. The van der Waals surface area contributed by atoms with Crippen molar-refractivity contribution in [1.29, 1.82) is 0 Å². The molecule has 3 nitrogen and oxygen atoms in total. The highest BCUT2D eigenvalue weighted by molar-refractivity contribution is 4.54. The maximum atomic E-state index is 10.2. The molecule has 0 aliphatic rings. The summed E-state index contributed by atoms with van der Waals surface area (Å²) in [5.41, 5.74) is 0. The zero-order valence-electron chi connectivity index (χ0n) is 7.71. The second kappa shape index (κ2) is 6.13. The van der Waals surface area contributed by atoms with Crippen LogP contribution >= 0.6 is 0 Å². The Labute approximate surface area is 68.7 Å². The van der Waals surface area contributed by atoms with Gasteiger partial charge in [-0.2, -0.15) is 0 Å². The number of rotatable bonds is 6. The third-order valence-electron chi connectivity index (χ3n) is 1.46. The molecule has 0 radical (unpaired) electrons. The summed E-state index contributed by atoms with van der Waals surface area (Å²) in [4.78, 5) is 10.2. The Morgan fingerprint density at radius 3 is 2.45 bits per heavy atom. The third-order valence-corrected chi connectivity index (χ3v) is 1.46. The molecule has 0 aromatic heterocycles. The molecule has 0 aromatic carbocycles. The van der Waals surface area contributed by atoms with Crippen molar-refractivity contribution < 1.29 is 0 Å². The molecule has 0 spiro atoms. The van der Waals surface area contributed by atoms with Crippen molar-refractivity contribution >= 4 is 0 Å². The normalized spacial score (nSPS) is 10.2. The Kier molecular flexibility index (Phi) is 5.80. The number of unbranched alkanes of at least 4 members (excludes halogenated alkanes) is 1. The first kappa shape index (κ1) is 10.4. The summed E-state index contributed by atoms with van der Waals surface area (Å²) in [6, 6.07) is 0. The Bertz CT molecular complexity index is 104. The Balaban J connectivity index is 3.49. The van der Waals surface area contributed by atoms with Gasteiger partial charge in [0, 0.05) is 13.1 Å². The lowest BCUT2D eigenvalue weighted by Gasteiger charge is -2.16. The van der Waals surface area contributed by atoms with Crippen molar-refractivity contribution in [2.45, 2.75) is 33.6 Å². The van der Waals surface area contributed by atoms with Gasteiger partial charge < -0.3 is 0 Å². The minimum absolute atomic E-state index is 0.518. The predicted molar refractivity (Wildman–Crippen MR) is 47.1 cm³/mol. The lowest BCUT2D eigenvalue weighted by molar-refractivity contribution is 0.248. The molecule has 11 heavy (non-hydrogen) atoms. The Morgan fingerprint density at radius 1 is 1.45 bits per heavy atom. The van der Waals surface area contributed by atoms with Crippen molar-refractivity contribution in [3.8, 4) is 0 Å². The van der Waals surface area contributed by atoms with Gasteiger partial charge in [-0.25, -0.2) is 0 Å². The summed E-state index contributed by atoms with van der Waals surface area (Å²) < 4.78 is 0. The van der Waals surface area contributed by atoms with E-state index in [1.807, 2.05) is 0 Å². The van der Waals surface area contributed by atoms with Crippen LogP contribution < -0.4 is 0 Å². The van der Waals surface area contributed by atoms with E-state index < -0.39 is 0 Å². The molecule has 0 rings (SSSR count). The van der Waals surface area contributed by atoms with Crippen LogP contribution in [0.15, 0.2) is 5.29 Å². The second-order valence-corrected chi connectivity index (χ2v) is 3.24. The van der Waals surface area contributed by atoms with E-state index in [-0.39, 0.29) is 0 Å². The van der Waals surface area contributed by atoms with Crippen molar-refractivity contribution in [1.82, 2.24) is 5.01 Å². The lowest BCUT2D eigenvalue weighted by Crippen LogP contribution is -2.22. The fraction of sp³-hybridized carbons (Fsp3) is 1.00. The monoisotopic (exact) mass is 158 g/mol. The molecule has 0 heterocycles. The molecular weight excluding hydrogens is 140 g/mol. The zero-order valence-corrected chi connectivity index (χ0v) is 7.71. The van der Waals surface area contributed by atoms with Crippen LogP contribution in [0, 0.1) is 10.8 Å². The summed E-state index contributed by atoms with van der Waals surface area (Å²) in [5, 5.41) is 4.55. The number of hydrogen-bond acceptors (Lipinski definition) is 2. The Morgan fingerprint density at radius 2 is 2.09 bits per heavy atom. The van der Waals surface area contributed by atoms with E-state index in [1.54, 1.807) is 5.01 Å². The van der Waals surface area contributed by atoms with E-state index in [9.17, 15) is 4.91 Å². The van der Waals surface area contributed by atoms with Gasteiger partial charge in [0.05, 0.1) is 5.29 Å². The van der Waals surface area contributed by atoms with Crippen LogP contribution in [0.1, 0.15) is 33.6 Å². The Hall–Kier alpha value is -0.600. The standard InChI is InChI=1S/C8H18N2O/c1-4-5-6-10(9-11)7-8(2)3/h8H,4-7H2,1-3H3. The molecule has 0 aliphatic heterocycles. The fourth-order valence-corrected chi connectivity index (χ4v) is 0.928. The molecule has 0 bridgehead atoms. The van der Waals surface area contributed by atoms with Gasteiger partial charge in [0.25, 0.3) is 0 Å². The van der Waals surface area contributed by atoms with E-state index in [0.29, 0.717) is 5.92 Å². The molecule has 0 aromatic rings. The van der Waals surface area contributed by atoms with E-state index in [1.165, 1.54) is 0 Å². The molecule has 66 valence electrons. The third kappa shape index (κ3) is 5.83. The molecule has 3 heteroatoms. The first-order valence-electron chi connectivity index (χ1n) is 4.29. The lowest BCUT2D eigenvalue weighted by atomic mass is 10.2. The van der Waals surface area contributed by atoms with Gasteiger partial charge in [-0.3, -0.25) is 5.01 Å². The molecule has 0 atom stereocenters. The highest BCUT2D eigenvalue weighted by Gasteiger charge is 2.03. The van der Waals surface area contributed by atoms with Crippen molar-refractivity contribution in [2.24, 2.45) is 11.2 Å². The highest BCUT2D eigenvalue weighted by atomic mass is 16.3. The minimum Gasteiger partial charge on any atom is -0.261 e. The van der Waals surface area contributed by atoms with Gasteiger partial charge in [0.1, 0.15) is 0 Å². The first-order valence-corrected chi connectivity index (χ1v) is 4.29. The quantitative estimate of drug-likeness (QED) is 0.439. The molecule has 0 aliphatic carbocycles. The van der Waals surface area contributed by atoms with Gasteiger partial charge in [-0.1, -0.05) is 27.2 Å². The van der Waals surface area contributed by atoms with Gasteiger partial charge in [0.2, 0.25) is 0 Å². The summed E-state index contributed by atoms with van der Waals surface area (Å²) in [6.45, 7) is 7.87. The van der Waals surface area contributed by atoms with Gasteiger partial charge in [-0.15, -0.1) is 4.91 Å². The van der Waals surface area contributed by atoms with Crippen LogP contribution in [0.5, 0.6) is 0 Å². The molecule has 0 N–H and O–H groups in total.